The summed E-state index contributed by atoms with van der Waals surface area (Å²) in [4.78, 5) is 6.78. The van der Waals surface area contributed by atoms with Crippen LogP contribution in [0.1, 0.15) is 11.5 Å². The Morgan fingerprint density at radius 2 is 2.20 bits per heavy atom. The minimum Gasteiger partial charge on any atom is -0.390 e. The molecule has 0 saturated carbocycles. The van der Waals surface area contributed by atoms with Gasteiger partial charge in [0.25, 0.3) is 0 Å². The van der Waals surface area contributed by atoms with Gasteiger partial charge in [-0.15, -0.1) is 10.2 Å². The molecule has 3 aromatic rings. The molecule has 1 aliphatic heterocycles. The number of nitrogens with zero attached hydrogens (tertiary/aromatic N) is 6. The van der Waals surface area contributed by atoms with Crippen LogP contribution in [0.3, 0.4) is 0 Å². The van der Waals surface area contributed by atoms with Crippen LogP contribution in [0.15, 0.2) is 30.7 Å². The summed E-state index contributed by atoms with van der Waals surface area (Å²) in [6.45, 7) is 2.30. The number of anilines is 1. The van der Waals surface area contributed by atoms with Crippen molar-refractivity contribution >= 4 is 11.5 Å². The molecule has 20 heavy (non-hydrogen) atoms. The number of aromatic nitrogens is 5. The van der Waals surface area contributed by atoms with Crippen LogP contribution < -0.4 is 4.90 Å². The van der Waals surface area contributed by atoms with Crippen molar-refractivity contribution in [3.8, 4) is 0 Å². The highest BCUT2D eigenvalue weighted by atomic mass is 16.3. The number of aliphatic hydroxyl groups is 1. The van der Waals surface area contributed by atoms with Crippen LogP contribution in [0.5, 0.6) is 0 Å². The van der Waals surface area contributed by atoms with Gasteiger partial charge in [0.1, 0.15) is 12.0 Å². The largest absolute Gasteiger partial charge is 0.390 e. The van der Waals surface area contributed by atoms with E-state index in [-0.39, 0.29) is 6.61 Å². The average molecular weight is 270 g/mol. The first kappa shape index (κ1) is 11.4. The lowest BCUT2D eigenvalue weighted by Crippen LogP contribution is -2.34. The number of aliphatic hydroxyl groups excluding tert-OH is 1. The lowest BCUT2D eigenvalue weighted by molar-refractivity contribution is 0.276. The first-order valence-electron chi connectivity index (χ1n) is 6.55. The number of hydrogen-bond donors (Lipinski definition) is 1. The van der Waals surface area contributed by atoms with Gasteiger partial charge in [-0.3, -0.25) is 4.40 Å². The van der Waals surface area contributed by atoms with Crippen LogP contribution in [-0.4, -0.2) is 35.8 Å². The molecule has 102 valence electrons. The third-order valence-corrected chi connectivity index (χ3v) is 3.70. The summed E-state index contributed by atoms with van der Waals surface area (Å²) in [5.41, 5.74) is 1.66. The highest BCUT2D eigenvalue weighted by molar-refractivity contribution is 5.56. The SMILES string of the molecule is OCc1c(N2CCn3cnnc3C2)nc2ccccn12. The quantitative estimate of drug-likeness (QED) is 0.731. The van der Waals surface area contributed by atoms with Crippen molar-refractivity contribution in [3.63, 3.8) is 0 Å². The molecule has 0 atom stereocenters. The molecule has 0 radical (unpaired) electrons. The second-order valence-corrected chi connectivity index (χ2v) is 4.83. The van der Waals surface area contributed by atoms with Gasteiger partial charge in [0.2, 0.25) is 0 Å². The molecule has 3 aromatic heterocycles. The Bertz CT molecular complexity index is 761. The van der Waals surface area contributed by atoms with E-state index in [1.165, 1.54) is 0 Å². The van der Waals surface area contributed by atoms with E-state index in [9.17, 15) is 5.11 Å². The molecule has 1 aliphatic rings. The minimum atomic E-state index is -0.0380. The summed E-state index contributed by atoms with van der Waals surface area (Å²) in [5, 5.41) is 17.7. The predicted octanol–water partition coefficient (Wildman–Crippen LogP) is 0.438. The van der Waals surface area contributed by atoms with E-state index in [2.05, 4.69) is 20.1 Å². The Hall–Kier alpha value is -2.41. The lowest BCUT2D eigenvalue weighted by atomic mass is 10.3. The Morgan fingerprint density at radius 1 is 1.25 bits per heavy atom. The Kier molecular flexibility index (Phi) is 2.46. The fraction of sp³-hybridized carbons (Fsp3) is 0.308. The van der Waals surface area contributed by atoms with E-state index in [1.807, 2.05) is 33.4 Å². The fourth-order valence-corrected chi connectivity index (χ4v) is 2.68. The Labute approximate surface area is 115 Å². The molecule has 0 aliphatic carbocycles. The van der Waals surface area contributed by atoms with Gasteiger partial charge in [-0.1, -0.05) is 6.07 Å². The average Bonchev–Trinajstić information content (AvgIpc) is 3.10. The van der Waals surface area contributed by atoms with Crippen LogP contribution in [0.2, 0.25) is 0 Å². The molecule has 7 heteroatoms. The smallest absolute Gasteiger partial charge is 0.154 e. The molecule has 0 amide bonds. The van der Waals surface area contributed by atoms with Gasteiger partial charge in [-0.05, 0) is 12.1 Å². The van der Waals surface area contributed by atoms with E-state index in [4.69, 9.17) is 0 Å². The molecule has 0 saturated heterocycles. The second kappa shape index (κ2) is 4.31. The van der Waals surface area contributed by atoms with Gasteiger partial charge in [-0.2, -0.15) is 0 Å². The van der Waals surface area contributed by atoms with Gasteiger partial charge in [0.05, 0.1) is 18.8 Å². The van der Waals surface area contributed by atoms with Crippen LogP contribution >= 0.6 is 0 Å². The molecular weight excluding hydrogens is 256 g/mol. The molecule has 4 rings (SSSR count). The van der Waals surface area contributed by atoms with Gasteiger partial charge in [0, 0.05) is 19.3 Å². The van der Waals surface area contributed by atoms with Gasteiger partial charge in [-0.25, -0.2) is 4.98 Å². The first-order valence-corrected chi connectivity index (χ1v) is 6.55. The van der Waals surface area contributed by atoms with Crippen molar-refractivity contribution in [2.45, 2.75) is 19.7 Å². The maximum atomic E-state index is 9.67. The van der Waals surface area contributed by atoms with Crippen LogP contribution in [-0.2, 0) is 19.7 Å². The highest BCUT2D eigenvalue weighted by Crippen LogP contribution is 2.24. The molecule has 7 nitrogen and oxygen atoms in total. The summed E-state index contributed by atoms with van der Waals surface area (Å²) in [7, 11) is 0. The monoisotopic (exact) mass is 270 g/mol. The molecule has 0 unspecified atom stereocenters. The van der Waals surface area contributed by atoms with Crippen molar-refractivity contribution in [3.05, 3.63) is 42.2 Å². The van der Waals surface area contributed by atoms with Gasteiger partial charge < -0.3 is 14.6 Å². The Morgan fingerprint density at radius 3 is 3.10 bits per heavy atom. The lowest BCUT2D eigenvalue weighted by Gasteiger charge is -2.27. The summed E-state index contributed by atoms with van der Waals surface area (Å²) in [5.74, 6) is 1.75. The maximum absolute atomic E-state index is 9.67. The summed E-state index contributed by atoms with van der Waals surface area (Å²) in [6, 6.07) is 5.82. The van der Waals surface area contributed by atoms with Gasteiger partial charge >= 0.3 is 0 Å². The molecule has 0 bridgehead atoms. The van der Waals surface area contributed by atoms with Crippen molar-refractivity contribution in [1.29, 1.82) is 0 Å². The summed E-state index contributed by atoms with van der Waals surface area (Å²) in [6.07, 6.45) is 3.67. The van der Waals surface area contributed by atoms with Crippen molar-refractivity contribution in [2.24, 2.45) is 0 Å². The zero-order valence-corrected chi connectivity index (χ0v) is 10.8. The summed E-state index contributed by atoms with van der Waals surface area (Å²) < 4.78 is 3.97. The molecule has 4 heterocycles. The molecule has 0 fully saturated rings. The van der Waals surface area contributed by atoms with Gasteiger partial charge in [0.15, 0.2) is 11.6 Å². The molecule has 0 aromatic carbocycles. The van der Waals surface area contributed by atoms with Crippen molar-refractivity contribution in [2.75, 3.05) is 11.4 Å². The third kappa shape index (κ3) is 1.60. The number of imidazole rings is 1. The summed E-state index contributed by atoms with van der Waals surface area (Å²) >= 11 is 0. The normalized spacial score (nSPS) is 14.8. The second-order valence-electron chi connectivity index (χ2n) is 4.83. The molecule has 0 spiro atoms. The van der Waals surface area contributed by atoms with E-state index in [1.54, 1.807) is 6.33 Å². The fourth-order valence-electron chi connectivity index (χ4n) is 2.68. The van der Waals surface area contributed by atoms with Crippen LogP contribution in [0, 0.1) is 0 Å². The van der Waals surface area contributed by atoms with E-state index in [0.717, 1.165) is 36.1 Å². The highest BCUT2D eigenvalue weighted by Gasteiger charge is 2.23. The van der Waals surface area contributed by atoms with E-state index >= 15 is 0 Å². The maximum Gasteiger partial charge on any atom is 0.154 e. The van der Waals surface area contributed by atoms with Crippen molar-refractivity contribution in [1.82, 2.24) is 24.1 Å². The topological polar surface area (TPSA) is 71.5 Å². The van der Waals surface area contributed by atoms with Crippen LogP contribution in [0.25, 0.3) is 5.65 Å². The zero-order valence-electron chi connectivity index (χ0n) is 10.8. The Balaban J connectivity index is 1.79. The molecular formula is C13H14N6O. The first-order chi connectivity index (χ1) is 9.86. The van der Waals surface area contributed by atoms with Crippen molar-refractivity contribution < 1.29 is 5.11 Å². The number of pyridine rings is 1. The van der Waals surface area contributed by atoms with Crippen LogP contribution in [0.4, 0.5) is 5.82 Å². The molecule has 1 N–H and O–H groups in total. The standard InChI is InChI=1S/C13H14N6O/c20-8-10-13(15-11-3-1-2-4-19(10)11)17-5-6-18-9-14-16-12(18)7-17/h1-4,9,20H,5-8H2. The predicted molar refractivity (Wildman–Crippen MR) is 72.2 cm³/mol. The third-order valence-electron chi connectivity index (χ3n) is 3.70. The van der Waals surface area contributed by atoms with E-state index < -0.39 is 0 Å². The number of rotatable bonds is 2. The minimum absolute atomic E-state index is 0.0380. The zero-order chi connectivity index (χ0) is 13.5. The number of fused-ring (bicyclic) bond motifs is 2. The number of hydrogen-bond acceptors (Lipinski definition) is 5. The van der Waals surface area contributed by atoms with E-state index in [0.29, 0.717) is 6.54 Å².